The zero-order valence-corrected chi connectivity index (χ0v) is 22.9. The van der Waals surface area contributed by atoms with Gasteiger partial charge in [0.1, 0.15) is 22.9 Å². The highest BCUT2D eigenvalue weighted by Gasteiger charge is 2.30. The molecule has 0 aliphatic carbocycles. The minimum atomic E-state index is -0.353. The second-order valence-corrected chi connectivity index (χ2v) is 10.7. The van der Waals surface area contributed by atoms with Crippen molar-refractivity contribution >= 4 is 28.9 Å². The van der Waals surface area contributed by atoms with E-state index in [2.05, 4.69) is 23.6 Å². The van der Waals surface area contributed by atoms with E-state index < -0.39 is 0 Å². The predicted octanol–water partition coefficient (Wildman–Crippen LogP) is 6.27. The Bertz CT molecular complexity index is 1260. The van der Waals surface area contributed by atoms with E-state index in [9.17, 15) is 24.9 Å². The first-order chi connectivity index (χ1) is 17.9. The van der Waals surface area contributed by atoms with Crippen LogP contribution in [0.1, 0.15) is 77.1 Å². The standard InChI is InChI=1S/C30H39N3O5/c1-19(11-8-15-30(4,5)32-21(3)34)9-6-10-20(2)14-16-33-24-17-22(35)18-26(37)28(24)31-27-23(29(33)38)12-7-13-25(27)36/h7,9,12-14,17-18,31,35-37H,6,8,10-11,15-16H2,1-5H3,(H,32,34). The van der Waals surface area contributed by atoms with Gasteiger partial charge in [0.15, 0.2) is 0 Å². The van der Waals surface area contributed by atoms with E-state index in [-0.39, 0.29) is 58.1 Å². The van der Waals surface area contributed by atoms with Crippen molar-refractivity contribution in [1.29, 1.82) is 0 Å². The SMILES string of the molecule is CC(=O)NC(C)(C)CCCC(C)=CCCC(C)=CCN1C(=O)c2cccc(O)c2Nc2c(O)cc(O)cc21. The van der Waals surface area contributed by atoms with E-state index in [1.807, 2.05) is 26.8 Å². The Labute approximate surface area is 224 Å². The molecule has 0 radical (unpaired) electrons. The summed E-state index contributed by atoms with van der Waals surface area (Å²) in [7, 11) is 0. The van der Waals surface area contributed by atoms with Crippen LogP contribution in [0.3, 0.4) is 0 Å². The molecule has 1 aliphatic heterocycles. The first kappa shape index (κ1) is 28.6. The molecule has 1 heterocycles. The molecule has 0 saturated carbocycles. The normalized spacial score (nSPS) is 13.9. The molecule has 0 saturated heterocycles. The molecular weight excluding hydrogens is 482 g/mol. The van der Waals surface area contributed by atoms with E-state index in [0.717, 1.165) is 37.7 Å². The molecule has 8 nitrogen and oxygen atoms in total. The number of allylic oxidation sites excluding steroid dienone is 3. The van der Waals surface area contributed by atoms with Crippen molar-refractivity contribution in [3.8, 4) is 17.2 Å². The van der Waals surface area contributed by atoms with Gasteiger partial charge in [-0.1, -0.05) is 29.4 Å². The van der Waals surface area contributed by atoms with Crippen LogP contribution in [0.2, 0.25) is 0 Å². The summed E-state index contributed by atoms with van der Waals surface area (Å²) in [4.78, 5) is 26.3. The molecule has 8 heteroatoms. The van der Waals surface area contributed by atoms with E-state index >= 15 is 0 Å². The monoisotopic (exact) mass is 521 g/mol. The van der Waals surface area contributed by atoms with Crippen molar-refractivity contribution in [3.63, 3.8) is 0 Å². The topological polar surface area (TPSA) is 122 Å². The molecule has 0 fully saturated rings. The molecular formula is C30H39N3O5. The lowest BCUT2D eigenvalue weighted by molar-refractivity contribution is -0.120. The molecule has 3 rings (SSSR count). The number of phenolic OH excluding ortho intramolecular Hbond substituents is 3. The molecule has 2 aromatic rings. The number of benzene rings is 2. The molecule has 0 atom stereocenters. The van der Waals surface area contributed by atoms with Crippen molar-refractivity contribution in [2.24, 2.45) is 0 Å². The fourth-order valence-electron chi connectivity index (χ4n) is 4.69. The zero-order chi connectivity index (χ0) is 28.0. The molecule has 38 heavy (non-hydrogen) atoms. The Morgan fingerprint density at radius 3 is 2.42 bits per heavy atom. The molecule has 0 aromatic heterocycles. The van der Waals surface area contributed by atoms with Crippen molar-refractivity contribution in [2.45, 2.75) is 72.3 Å². The first-order valence-electron chi connectivity index (χ1n) is 12.9. The number of hydrogen-bond donors (Lipinski definition) is 5. The summed E-state index contributed by atoms with van der Waals surface area (Å²) in [6.07, 6.45) is 8.76. The Morgan fingerprint density at radius 2 is 1.71 bits per heavy atom. The minimum Gasteiger partial charge on any atom is -0.508 e. The number of amides is 2. The number of carbonyl (C=O) groups excluding carboxylic acids is 2. The number of fused-ring (bicyclic) bond motifs is 2. The van der Waals surface area contributed by atoms with Gasteiger partial charge in [-0.25, -0.2) is 0 Å². The van der Waals surface area contributed by atoms with Crippen LogP contribution < -0.4 is 15.5 Å². The van der Waals surface area contributed by atoms with Crippen molar-refractivity contribution < 1.29 is 24.9 Å². The first-order valence-corrected chi connectivity index (χ1v) is 12.9. The third-order valence-electron chi connectivity index (χ3n) is 6.68. The second-order valence-electron chi connectivity index (χ2n) is 10.7. The summed E-state index contributed by atoms with van der Waals surface area (Å²) in [6, 6.07) is 7.29. The number of phenols is 3. The van der Waals surface area contributed by atoms with Crippen molar-refractivity contribution in [3.05, 3.63) is 59.2 Å². The number of rotatable bonds is 10. The molecule has 1 aliphatic rings. The van der Waals surface area contributed by atoms with Gasteiger partial charge < -0.3 is 30.9 Å². The summed E-state index contributed by atoms with van der Waals surface area (Å²) in [5.74, 6) is -0.867. The summed E-state index contributed by atoms with van der Waals surface area (Å²) in [5, 5.41) is 36.9. The number of aromatic hydroxyl groups is 3. The molecule has 2 amide bonds. The fraction of sp³-hybridized carbons (Fsp3) is 0.400. The highest BCUT2D eigenvalue weighted by Crippen LogP contribution is 2.45. The van der Waals surface area contributed by atoms with Gasteiger partial charge in [-0.2, -0.15) is 0 Å². The number of carbonyl (C=O) groups is 2. The summed E-state index contributed by atoms with van der Waals surface area (Å²) >= 11 is 0. The van der Waals surface area contributed by atoms with Gasteiger partial charge in [-0.15, -0.1) is 0 Å². The Morgan fingerprint density at radius 1 is 1.00 bits per heavy atom. The lowest BCUT2D eigenvalue weighted by Crippen LogP contribution is -2.42. The molecule has 204 valence electrons. The average molecular weight is 522 g/mol. The van der Waals surface area contributed by atoms with E-state index in [1.54, 1.807) is 19.1 Å². The van der Waals surface area contributed by atoms with Crippen LogP contribution in [0.15, 0.2) is 53.6 Å². The maximum absolute atomic E-state index is 13.5. The summed E-state index contributed by atoms with van der Waals surface area (Å²) < 4.78 is 0. The number of nitrogens with zero attached hydrogens (tertiary/aromatic N) is 1. The Hall–Kier alpha value is -3.94. The van der Waals surface area contributed by atoms with Gasteiger partial charge in [0.25, 0.3) is 5.91 Å². The highest BCUT2D eigenvalue weighted by molar-refractivity contribution is 6.15. The number of anilines is 3. The molecule has 2 aromatic carbocycles. The van der Waals surface area contributed by atoms with Gasteiger partial charge >= 0.3 is 0 Å². The van der Waals surface area contributed by atoms with Crippen molar-refractivity contribution in [2.75, 3.05) is 16.8 Å². The third kappa shape index (κ3) is 7.31. The van der Waals surface area contributed by atoms with E-state index in [1.165, 1.54) is 28.7 Å². The minimum absolute atomic E-state index is 0.0119. The molecule has 0 bridgehead atoms. The Balaban J connectivity index is 1.67. The molecule has 0 unspecified atom stereocenters. The van der Waals surface area contributed by atoms with Gasteiger partial charge in [0.2, 0.25) is 5.91 Å². The smallest absolute Gasteiger partial charge is 0.260 e. The fourth-order valence-corrected chi connectivity index (χ4v) is 4.69. The Kier molecular flexibility index (Phi) is 9.09. The largest absolute Gasteiger partial charge is 0.508 e. The second kappa shape index (κ2) is 12.1. The maximum atomic E-state index is 13.5. The van der Waals surface area contributed by atoms with E-state index in [4.69, 9.17) is 0 Å². The predicted molar refractivity (Wildman–Crippen MR) is 151 cm³/mol. The lowest BCUT2D eigenvalue weighted by Gasteiger charge is -2.25. The van der Waals surface area contributed by atoms with Crippen LogP contribution in [-0.4, -0.2) is 39.2 Å². The van der Waals surface area contributed by atoms with Gasteiger partial charge in [-0.3, -0.25) is 9.59 Å². The van der Waals surface area contributed by atoms with Gasteiger partial charge in [-0.05, 0) is 71.9 Å². The number of hydrogen-bond acceptors (Lipinski definition) is 6. The van der Waals surface area contributed by atoms with Gasteiger partial charge in [0.05, 0.1) is 16.9 Å². The van der Waals surface area contributed by atoms with Gasteiger partial charge in [0, 0.05) is 31.1 Å². The third-order valence-corrected chi connectivity index (χ3v) is 6.68. The van der Waals surface area contributed by atoms with Crippen LogP contribution >= 0.6 is 0 Å². The molecule has 5 N–H and O–H groups in total. The van der Waals surface area contributed by atoms with E-state index in [0.29, 0.717) is 5.69 Å². The van der Waals surface area contributed by atoms with Crippen LogP contribution in [0.4, 0.5) is 17.1 Å². The maximum Gasteiger partial charge on any atom is 0.260 e. The van der Waals surface area contributed by atoms with Crippen LogP contribution in [0.5, 0.6) is 17.2 Å². The van der Waals surface area contributed by atoms with Crippen LogP contribution in [-0.2, 0) is 4.79 Å². The summed E-state index contributed by atoms with van der Waals surface area (Å²) in [5.41, 5.74) is 3.24. The molecule has 0 spiro atoms. The average Bonchev–Trinajstić information content (AvgIpc) is 2.92. The van der Waals surface area contributed by atoms with Crippen LogP contribution in [0.25, 0.3) is 0 Å². The van der Waals surface area contributed by atoms with Crippen LogP contribution in [0, 0.1) is 0 Å². The highest BCUT2D eigenvalue weighted by atomic mass is 16.3. The number of para-hydroxylation sites is 1. The lowest BCUT2D eigenvalue weighted by atomic mass is 9.95. The van der Waals surface area contributed by atoms with Crippen molar-refractivity contribution in [1.82, 2.24) is 5.32 Å². The summed E-state index contributed by atoms with van der Waals surface area (Å²) in [6.45, 7) is 9.98. The zero-order valence-electron chi connectivity index (χ0n) is 22.9. The quantitative estimate of drug-likeness (QED) is 0.143. The number of nitrogens with one attached hydrogen (secondary N) is 2.